The van der Waals surface area contributed by atoms with Crippen molar-refractivity contribution in [2.45, 2.75) is 33.1 Å². The maximum atomic E-state index is 10.7. The topological polar surface area (TPSA) is 57.6 Å². The molecule has 0 bridgehead atoms. The Balaban J connectivity index is 0.000000288. The minimum absolute atomic E-state index is 0.231. The number of allylic oxidation sites excluding steroid dienone is 1. The molecule has 0 aromatic carbocycles. The number of carbonyl (C=O) groups excluding carboxylic acids is 1. The molecule has 0 atom stereocenters. The summed E-state index contributed by atoms with van der Waals surface area (Å²) in [4.78, 5) is 22.2. The van der Waals surface area contributed by atoms with Gasteiger partial charge in [0.05, 0.1) is 0 Å². The second kappa shape index (κ2) is 8.03. The van der Waals surface area contributed by atoms with E-state index >= 15 is 0 Å². The lowest BCUT2D eigenvalue weighted by Crippen LogP contribution is -2.33. The third-order valence-corrected chi connectivity index (χ3v) is 2.11. The Morgan fingerprint density at radius 1 is 1.20 bits per heavy atom. The Bertz CT molecular complexity index is 230. The summed E-state index contributed by atoms with van der Waals surface area (Å²) in [6.07, 6.45) is 6.24. The Morgan fingerprint density at radius 3 is 1.93 bits per heavy atom. The molecule has 4 nitrogen and oxygen atoms in total. The van der Waals surface area contributed by atoms with E-state index in [-0.39, 0.29) is 5.91 Å². The van der Waals surface area contributed by atoms with Crippen molar-refractivity contribution in [3.63, 3.8) is 0 Å². The Hall–Kier alpha value is -1.32. The number of aliphatic carboxylic acids is 1. The summed E-state index contributed by atoms with van der Waals surface area (Å²) < 4.78 is 0. The SMILES string of the molecule is C/C=C/C(=O)O.CC(=O)N1CCCCC1. The maximum absolute atomic E-state index is 10.7. The Kier molecular flexibility index (Phi) is 7.32. The molecule has 0 radical (unpaired) electrons. The summed E-state index contributed by atoms with van der Waals surface area (Å²) in [6.45, 7) is 5.27. The highest BCUT2D eigenvalue weighted by Crippen LogP contribution is 2.07. The van der Waals surface area contributed by atoms with Crippen LogP contribution in [0.2, 0.25) is 0 Å². The van der Waals surface area contributed by atoms with E-state index in [9.17, 15) is 9.59 Å². The fraction of sp³-hybridized carbons (Fsp3) is 0.636. The van der Waals surface area contributed by atoms with Crippen molar-refractivity contribution in [3.8, 4) is 0 Å². The lowest BCUT2D eigenvalue weighted by molar-refractivity contribution is -0.131. The third kappa shape index (κ3) is 7.73. The molecule has 1 amide bonds. The van der Waals surface area contributed by atoms with E-state index in [2.05, 4.69) is 0 Å². The van der Waals surface area contributed by atoms with Gasteiger partial charge in [-0.15, -0.1) is 0 Å². The number of likely N-dealkylation sites (tertiary alicyclic amines) is 1. The molecule has 0 aromatic rings. The Morgan fingerprint density at radius 2 is 1.73 bits per heavy atom. The molecule has 1 fully saturated rings. The number of rotatable bonds is 1. The van der Waals surface area contributed by atoms with Crippen molar-refractivity contribution in [1.82, 2.24) is 4.90 Å². The normalized spacial score (nSPS) is 15.7. The number of amides is 1. The molecule has 0 saturated carbocycles. The maximum Gasteiger partial charge on any atom is 0.327 e. The second-order valence-electron chi connectivity index (χ2n) is 3.40. The number of piperidine rings is 1. The van der Waals surface area contributed by atoms with Crippen molar-refractivity contribution in [2.75, 3.05) is 13.1 Å². The number of hydrogen-bond acceptors (Lipinski definition) is 2. The minimum atomic E-state index is -0.891. The van der Waals surface area contributed by atoms with Crippen LogP contribution in [0.15, 0.2) is 12.2 Å². The molecule has 0 unspecified atom stereocenters. The fourth-order valence-corrected chi connectivity index (χ4v) is 1.35. The van der Waals surface area contributed by atoms with Gasteiger partial charge in [0.2, 0.25) is 5.91 Å². The summed E-state index contributed by atoms with van der Waals surface area (Å²) in [7, 11) is 0. The van der Waals surface area contributed by atoms with E-state index in [1.807, 2.05) is 4.90 Å². The zero-order valence-corrected chi connectivity index (χ0v) is 9.40. The first-order valence-corrected chi connectivity index (χ1v) is 5.19. The average Bonchev–Trinajstić information content (AvgIpc) is 2.20. The molecular weight excluding hydrogens is 194 g/mol. The predicted octanol–water partition coefficient (Wildman–Crippen LogP) is 1.67. The molecule has 1 N–H and O–H groups in total. The number of carboxylic acids is 1. The highest BCUT2D eigenvalue weighted by Gasteiger charge is 2.10. The average molecular weight is 213 g/mol. The first-order valence-electron chi connectivity index (χ1n) is 5.19. The summed E-state index contributed by atoms with van der Waals surface area (Å²) in [5.41, 5.74) is 0. The molecule has 1 aliphatic rings. The van der Waals surface area contributed by atoms with Gasteiger partial charge in [0.1, 0.15) is 0 Å². The lowest BCUT2D eigenvalue weighted by atomic mass is 10.1. The van der Waals surface area contributed by atoms with Crippen LogP contribution in [-0.2, 0) is 9.59 Å². The van der Waals surface area contributed by atoms with Gasteiger partial charge in [0, 0.05) is 26.1 Å². The highest BCUT2D eigenvalue weighted by molar-refractivity contribution is 5.79. The third-order valence-electron chi connectivity index (χ3n) is 2.11. The van der Waals surface area contributed by atoms with E-state index in [0.717, 1.165) is 19.2 Å². The van der Waals surface area contributed by atoms with E-state index in [4.69, 9.17) is 5.11 Å². The molecule has 86 valence electrons. The van der Waals surface area contributed by atoms with Gasteiger partial charge in [0.25, 0.3) is 0 Å². The number of nitrogens with zero attached hydrogens (tertiary/aromatic N) is 1. The van der Waals surface area contributed by atoms with Gasteiger partial charge in [-0.3, -0.25) is 4.79 Å². The van der Waals surface area contributed by atoms with Crippen LogP contribution in [0.5, 0.6) is 0 Å². The van der Waals surface area contributed by atoms with Crippen LogP contribution in [0.4, 0.5) is 0 Å². The smallest absolute Gasteiger partial charge is 0.327 e. The summed E-state index contributed by atoms with van der Waals surface area (Å²) in [5, 5.41) is 7.83. The number of hydrogen-bond donors (Lipinski definition) is 1. The summed E-state index contributed by atoms with van der Waals surface area (Å²) in [6, 6.07) is 0. The van der Waals surface area contributed by atoms with Crippen LogP contribution >= 0.6 is 0 Å². The molecule has 4 heteroatoms. The van der Waals surface area contributed by atoms with E-state index in [0.29, 0.717) is 0 Å². The van der Waals surface area contributed by atoms with E-state index < -0.39 is 5.97 Å². The van der Waals surface area contributed by atoms with Crippen LogP contribution in [0.3, 0.4) is 0 Å². The summed E-state index contributed by atoms with van der Waals surface area (Å²) in [5.74, 6) is -0.660. The Labute approximate surface area is 90.6 Å². The largest absolute Gasteiger partial charge is 0.478 e. The zero-order valence-electron chi connectivity index (χ0n) is 9.40. The molecular formula is C11H19NO3. The molecule has 1 rings (SSSR count). The van der Waals surface area contributed by atoms with Crippen molar-refractivity contribution in [1.29, 1.82) is 0 Å². The van der Waals surface area contributed by atoms with Gasteiger partial charge in [-0.1, -0.05) is 6.08 Å². The van der Waals surface area contributed by atoms with Gasteiger partial charge < -0.3 is 10.0 Å². The molecule has 1 heterocycles. The summed E-state index contributed by atoms with van der Waals surface area (Å²) >= 11 is 0. The van der Waals surface area contributed by atoms with Gasteiger partial charge in [-0.05, 0) is 26.2 Å². The minimum Gasteiger partial charge on any atom is -0.478 e. The van der Waals surface area contributed by atoms with Crippen molar-refractivity contribution in [2.24, 2.45) is 0 Å². The highest BCUT2D eigenvalue weighted by atomic mass is 16.4. The van der Waals surface area contributed by atoms with Gasteiger partial charge in [-0.2, -0.15) is 0 Å². The zero-order chi connectivity index (χ0) is 11.7. The molecule has 0 aliphatic carbocycles. The monoisotopic (exact) mass is 213 g/mol. The van der Waals surface area contributed by atoms with Crippen molar-refractivity contribution < 1.29 is 14.7 Å². The number of carbonyl (C=O) groups is 2. The van der Waals surface area contributed by atoms with Crippen LogP contribution in [0.25, 0.3) is 0 Å². The van der Waals surface area contributed by atoms with Crippen LogP contribution < -0.4 is 0 Å². The van der Waals surface area contributed by atoms with Gasteiger partial charge in [-0.25, -0.2) is 4.79 Å². The lowest BCUT2D eigenvalue weighted by Gasteiger charge is -2.24. The van der Waals surface area contributed by atoms with Crippen molar-refractivity contribution in [3.05, 3.63) is 12.2 Å². The first kappa shape index (κ1) is 13.7. The van der Waals surface area contributed by atoms with Crippen LogP contribution in [-0.4, -0.2) is 35.0 Å². The second-order valence-corrected chi connectivity index (χ2v) is 3.40. The molecule has 0 spiro atoms. The van der Waals surface area contributed by atoms with E-state index in [1.165, 1.54) is 25.3 Å². The van der Waals surface area contributed by atoms with E-state index in [1.54, 1.807) is 13.8 Å². The van der Waals surface area contributed by atoms with Gasteiger partial charge >= 0.3 is 5.97 Å². The molecule has 15 heavy (non-hydrogen) atoms. The van der Waals surface area contributed by atoms with Crippen molar-refractivity contribution >= 4 is 11.9 Å². The fourth-order valence-electron chi connectivity index (χ4n) is 1.35. The van der Waals surface area contributed by atoms with Gasteiger partial charge in [0.15, 0.2) is 0 Å². The quantitative estimate of drug-likeness (QED) is 0.674. The molecule has 1 aliphatic heterocycles. The van der Waals surface area contributed by atoms with Crippen LogP contribution in [0.1, 0.15) is 33.1 Å². The molecule has 0 aromatic heterocycles. The first-order chi connectivity index (χ1) is 7.07. The van der Waals surface area contributed by atoms with Crippen LogP contribution in [0, 0.1) is 0 Å². The standard InChI is InChI=1S/C7H13NO.C4H6O2/c1-7(9)8-5-3-2-4-6-8;1-2-3-4(5)6/h2-6H2,1H3;2-3H,1H3,(H,5,6)/b;3-2+. The molecule has 1 saturated heterocycles. The number of carboxylic acid groups (broad SMARTS) is 1. The predicted molar refractivity (Wildman–Crippen MR) is 58.6 cm³/mol.